The lowest BCUT2D eigenvalue weighted by Gasteiger charge is -1.94. The van der Waals surface area contributed by atoms with Crippen LogP contribution in [0.25, 0.3) is 0 Å². The third-order valence-corrected chi connectivity index (χ3v) is 3.89. The summed E-state index contributed by atoms with van der Waals surface area (Å²) in [6.45, 7) is 2.24. The average molecular weight is 351 g/mol. The van der Waals surface area contributed by atoms with Gasteiger partial charge in [0.15, 0.2) is 0 Å². The van der Waals surface area contributed by atoms with Crippen molar-refractivity contribution in [2.24, 2.45) is 0 Å². The number of hydrogen-bond acceptors (Lipinski definition) is 1. The van der Waals surface area contributed by atoms with Gasteiger partial charge in [-0.1, -0.05) is 74.8 Å². The molecule has 2 heteroatoms. The fourth-order valence-electron chi connectivity index (χ4n) is 2.26. The molecule has 0 atom stereocenters. The molecular weight excluding hydrogens is 316 g/mol. The van der Waals surface area contributed by atoms with Gasteiger partial charge in [0, 0.05) is 6.42 Å². The van der Waals surface area contributed by atoms with E-state index in [4.69, 9.17) is 11.6 Å². The molecule has 0 amide bonds. The molecule has 0 heterocycles. The average Bonchev–Trinajstić information content (AvgIpc) is 2.56. The second-order valence-electron chi connectivity index (χ2n) is 6.04. The van der Waals surface area contributed by atoms with Crippen LogP contribution in [0.5, 0.6) is 0 Å². The summed E-state index contributed by atoms with van der Waals surface area (Å²) in [5.74, 6) is 0. The van der Waals surface area contributed by atoms with Crippen molar-refractivity contribution in [1.29, 1.82) is 0 Å². The molecule has 0 aromatic heterocycles. The first-order valence-corrected chi connectivity index (χ1v) is 9.93. The van der Waals surface area contributed by atoms with Gasteiger partial charge in [0.25, 0.3) is 0 Å². The summed E-state index contributed by atoms with van der Waals surface area (Å²) >= 11 is 5.29. The monoisotopic (exact) mass is 350 g/mol. The quantitative estimate of drug-likeness (QED) is 0.158. The van der Waals surface area contributed by atoms with Crippen LogP contribution < -0.4 is 0 Å². The van der Waals surface area contributed by atoms with Gasteiger partial charge in [-0.25, -0.2) is 0 Å². The van der Waals surface area contributed by atoms with Gasteiger partial charge in [-0.3, -0.25) is 4.79 Å². The van der Waals surface area contributed by atoms with E-state index in [0.717, 1.165) is 44.9 Å². The fourth-order valence-corrected chi connectivity index (χ4v) is 2.40. The molecule has 1 nitrogen and oxygen atoms in total. The number of hydrogen-bond donors (Lipinski definition) is 0. The Morgan fingerprint density at radius 3 is 1.58 bits per heavy atom. The number of halogens is 1. The van der Waals surface area contributed by atoms with Crippen molar-refractivity contribution in [1.82, 2.24) is 0 Å². The van der Waals surface area contributed by atoms with Crippen molar-refractivity contribution in [3.63, 3.8) is 0 Å². The van der Waals surface area contributed by atoms with Crippen LogP contribution in [0.1, 0.15) is 84.0 Å². The summed E-state index contributed by atoms with van der Waals surface area (Å²) in [5, 5.41) is -0.215. The molecular formula is C22H35ClO. The second-order valence-corrected chi connectivity index (χ2v) is 6.46. The summed E-state index contributed by atoms with van der Waals surface area (Å²) in [6, 6.07) is 0. The minimum absolute atomic E-state index is 0.215. The van der Waals surface area contributed by atoms with Crippen LogP contribution >= 0.6 is 11.6 Å². The lowest BCUT2D eigenvalue weighted by molar-refractivity contribution is -0.111. The van der Waals surface area contributed by atoms with E-state index in [9.17, 15) is 4.79 Å². The summed E-state index contributed by atoms with van der Waals surface area (Å²) < 4.78 is 0. The predicted molar refractivity (Wildman–Crippen MR) is 108 cm³/mol. The first kappa shape index (κ1) is 22.9. The van der Waals surface area contributed by atoms with Crippen molar-refractivity contribution in [2.45, 2.75) is 84.0 Å². The minimum Gasteiger partial charge on any atom is -0.281 e. The van der Waals surface area contributed by atoms with Gasteiger partial charge in [-0.15, -0.1) is 0 Å². The molecule has 0 rings (SSSR count). The summed E-state index contributed by atoms with van der Waals surface area (Å²) in [6.07, 6.45) is 30.9. The topological polar surface area (TPSA) is 17.1 Å². The van der Waals surface area contributed by atoms with E-state index in [1.165, 1.54) is 25.7 Å². The zero-order valence-corrected chi connectivity index (χ0v) is 16.1. The standard InChI is InChI=1S/C22H35ClO/c1-2-3-4-5-6-7-8-9-10-11-12-13-14-15-16-17-18-19-20-21-22(23)24/h6-7,9-10,12-13,15-16H,2-5,8,11,14,17-21H2,1H3/b7-6-,10-9-,13-12-,16-15-. The van der Waals surface area contributed by atoms with E-state index >= 15 is 0 Å². The summed E-state index contributed by atoms with van der Waals surface area (Å²) in [7, 11) is 0. The van der Waals surface area contributed by atoms with Crippen molar-refractivity contribution in [3.05, 3.63) is 48.6 Å². The maximum Gasteiger partial charge on any atom is 0.221 e. The van der Waals surface area contributed by atoms with Crippen LogP contribution in [0, 0.1) is 0 Å². The second kappa shape index (κ2) is 20.0. The molecule has 0 saturated carbocycles. The number of carbonyl (C=O) groups is 1. The van der Waals surface area contributed by atoms with Gasteiger partial charge in [0.1, 0.15) is 0 Å². The molecule has 0 saturated heterocycles. The molecule has 136 valence electrons. The lowest BCUT2D eigenvalue weighted by atomic mass is 10.1. The zero-order chi connectivity index (χ0) is 17.7. The highest BCUT2D eigenvalue weighted by molar-refractivity contribution is 6.63. The van der Waals surface area contributed by atoms with E-state index in [2.05, 4.69) is 55.5 Å². The van der Waals surface area contributed by atoms with Gasteiger partial charge in [-0.05, 0) is 63.0 Å². The number of unbranched alkanes of at least 4 members (excludes halogenated alkanes) is 6. The number of rotatable bonds is 16. The molecule has 0 N–H and O–H groups in total. The molecule has 0 spiro atoms. The smallest absolute Gasteiger partial charge is 0.221 e. The van der Waals surface area contributed by atoms with Gasteiger partial charge in [0.2, 0.25) is 5.24 Å². The third kappa shape index (κ3) is 20.9. The Kier molecular flexibility index (Phi) is 19.1. The number of carbonyl (C=O) groups excluding carboxylic acids is 1. The molecule has 0 unspecified atom stereocenters. The fraction of sp³-hybridized carbons (Fsp3) is 0.591. The first-order chi connectivity index (χ1) is 11.8. The molecule has 0 fully saturated rings. The summed E-state index contributed by atoms with van der Waals surface area (Å²) in [4.78, 5) is 10.6. The van der Waals surface area contributed by atoms with Crippen LogP contribution in [0.3, 0.4) is 0 Å². The van der Waals surface area contributed by atoms with Gasteiger partial charge < -0.3 is 0 Å². The Bertz CT molecular complexity index is 391. The van der Waals surface area contributed by atoms with Gasteiger partial charge >= 0.3 is 0 Å². The molecule has 0 aromatic carbocycles. The van der Waals surface area contributed by atoms with Crippen LogP contribution in [0.4, 0.5) is 0 Å². The predicted octanol–water partition coefficient (Wildman–Crippen LogP) is 7.68. The van der Waals surface area contributed by atoms with Crippen molar-refractivity contribution in [2.75, 3.05) is 0 Å². The van der Waals surface area contributed by atoms with E-state index in [1.807, 2.05) is 0 Å². The highest BCUT2D eigenvalue weighted by atomic mass is 35.5. The Morgan fingerprint density at radius 1 is 0.667 bits per heavy atom. The molecule has 24 heavy (non-hydrogen) atoms. The normalized spacial score (nSPS) is 12.4. The van der Waals surface area contributed by atoms with Crippen LogP contribution in [0.15, 0.2) is 48.6 Å². The Balaban J connectivity index is 3.37. The highest BCUT2D eigenvalue weighted by Crippen LogP contribution is 2.06. The van der Waals surface area contributed by atoms with E-state index < -0.39 is 0 Å². The molecule has 0 aliphatic carbocycles. The lowest BCUT2D eigenvalue weighted by Crippen LogP contribution is -1.85. The maximum atomic E-state index is 10.6. The zero-order valence-electron chi connectivity index (χ0n) is 15.4. The summed E-state index contributed by atoms with van der Waals surface area (Å²) in [5.41, 5.74) is 0. The maximum absolute atomic E-state index is 10.6. The SMILES string of the molecule is CCCCC/C=C\C/C=C\C/C=C\C/C=C\CCCCCC(=O)Cl. The van der Waals surface area contributed by atoms with E-state index in [-0.39, 0.29) is 5.24 Å². The van der Waals surface area contributed by atoms with E-state index in [1.54, 1.807) is 0 Å². The Hall–Kier alpha value is -1.08. The molecule has 0 radical (unpaired) electrons. The molecule has 0 aliphatic rings. The van der Waals surface area contributed by atoms with Crippen molar-refractivity contribution < 1.29 is 4.79 Å². The minimum atomic E-state index is -0.215. The van der Waals surface area contributed by atoms with Crippen LogP contribution in [-0.2, 0) is 4.79 Å². The molecule has 0 aromatic rings. The highest BCUT2D eigenvalue weighted by Gasteiger charge is 1.94. The molecule has 0 aliphatic heterocycles. The van der Waals surface area contributed by atoms with Crippen molar-refractivity contribution in [3.8, 4) is 0 Å². The van der Waals surface area contributed by atoms with Gasteiger partial charge in [-0.2, -0.15) is 0 Å². The van der Waals surface area contributed by atoms with Crippen molar-refractivity contribution >= 4 is 16.8 Å². The Labute approximate surface area is 154 Å². The van der Waals surface area contributed by atoms with E-state index in [0.29, 0.717) is 6.42 Å². The largest absolute Gasteiger partial charge is 0.281 e. The van der Waals surface area contributed by atoms with Crippen LogP contribution in [-0.4, -0.2) is 5.24 Å². The first-order valence-electron chi connectivity index (χ1n) is 9.55. The number of allylic oxidation sites excluding steroid dienone is 8. The molecule has 0 bridgehead atoms. The Morgan fingerprint density at radius 2 is 1.12 bits per heavy atom. The van der Waals surface area contributed by atoms with Crippen LogP contribution in [0.2, 0.25) is 0 Å². The third-order valence-electron chi connectivity index (χ3n) is 3.70. The van der Waals surface area contributed by atoms with Gasteiger partial charge in [0.05, 0.1) is 0 Å².